The van der Waals surface area contributed by atoms with Gasteiger partial charge in [0, 0.05) is 6.54 Å². The van der Waals surface area contributed by atoms with Crippen LogP contribution in [-0.2, 0) is 20.9 Å². The van der Waals surface area contributed by atoms with E-state index < -0.39 is 29.7 Å². The lowest BCUT2D eigenvalue weighted by atomic mass is 10.2. The van der Waals surface area contributed by atoms with Crippen LogP contribution < -0.4 is 10.7 Å². The van der Waals surface area contributed by atoms with Crippen LogP contribution in [0.15, 0.2) is 30.3 Å². The summed E-state index contributed by atoms with van der Waals surface area (Å²) in [7, 11) is 0. The standard InChI is InChI=1S/C17H23N3O5/c1-17(2,3)25-16(23)19-20-10-9-13(14(20)21)18-15(22)24-11-12-7-5-4-6-8-12/h4-8,13H,9-11H2,1-3H3,(H,18,22)(H,19,23)/t13-/m0/s1. The molecule has 0 saturated carbocycles. The van der Waals surface area contributed by atoms with Crippen molar-refractivity contribution in [2.24, 2.45) is 0 Å². The van der Waals surface area contributed by atoms with Gasteiger partial charge in [0.25, 0.3) is 5.91 Å². The first kappa shape index (κ1) is 18.6. The van der Waals surface area contributed by atoms with Crippen molar-refractivity contribution in [2.45, 2.75) is 45.4 Å². The third kappa shape index (κ3) is 5.98. The van der Waals surface area contributed by atoms with Gasteiger partial charge in [0.15, 0.2) is 0 Å². The molecule has 0 unspecified atom stereocenters. The minimum Gasteiger partial charge on any atom is -0.445 e. The number of carbonyl (C=O) groups excluding carboxylic acids is 3. The van der Waals surface area contributed by atoms with Crippen molar-refractivity contribution in [1.82, 2.24) is 15.8 Å². The highest BCUT2D eigenvalue weighted by Crippen LogP contribution is 2.11. The third-order valence-electron chi connectivity index (χ3n) is 3.34. The predicted octanol–water partition coefficient (Wildman–Crippen LogP) is 1.95. The fraction of sp³-hybridized carbons (Fsp3) is 0.471. The monoisotopic (exact) mass is 349 g/mol. The van der Waals surface area contributed by atoms with Crippen molar-refractivity contribution < 1.29 is 23.9 Å². The van der Waals surface area contributed by atoms with Gasteiger partial charge in [0.1, 0.15) is 18.2 Å². The van der Waals surface area contributed by atoms with E-state index in [4.69, 9.17) is 9.47 Å². The average molecular weight is 349 g/mol. The van der Waals surface area contributed by atoms with E-state index in [1.54, 1.807) is 20.8 Å². The third-order valence-corrected chi connectivity index (χ3v) is 3.34. The Balaban J connectivity index is 1.77. The van der Waals surface area contributed by atoms with Crippen molar-refractivity contribution in [2.75, 3.05) is 6.54 Å². The fourth-order valence-electron chi connectivity index (χ4n) is 2.24. The van der Waals surface area contributed by atoms with Crippen molar-refractivity contribution in [3.63, 3.8) is 0 Å². The Morgan fingerprint density at radius 2 is 1.88 bits per heavy atom. The zero-order chi connectivity index (χ0) is 18.4. The van der Waals surface area contributed by atoms with Crippen LogP contribution in [0.3, 0.4) is 0 Å². The highest BCUT2D eigenvalue weighted by Gasteiger charge is 2.35. The topological polar surface area (TPSA) is 97.0 Å². The Morgan fingerprint density at radius 3 is 2.52 bits per heavy atom. The molecule has 1 fully saturated rings. The molecule has 1 heterocycles. The molecule has 1 aliphatic heterocycles. The van der Waals surface area contributed by atoms with Gasteiger partial charge in [-0.15, -0.1) is 0 Å². The smallest absolute Gasteiger partial charge is 0.426 e. The molecule has 1 aromatic rings. The van der Waals surface area contributed by atoms with Crippen LogP contribution >= 0.6 is 0 Å². The first-order valence-electron chi connectivity index (χ1n) is 8.03. The van der Waals surface area contributed by atoms with Gasteiger partial charge in [-0.2, -0.15) is 0 Å². The van der Waals surface area contributed by atoms with Gasteiger partial charge in [-0.05, 0) is 32.8 Å². The van der Waals surface area contributed by atoms with Crippen molar-refractivity contribution >= 4 is 18.1 Å². The molecule has 0 spiro atoms. The molecule has 0 aromatic heterocycles. The maximum atomic E-state index is 12.2. The minimum absolute atomic E-state index is 0.119. The van der Waals surface area contributed by atoms with Crippen molar-refractivity contribution in [3.8, 4) is 0 Å². The highest BCUT2D eigenvalue weighted by atomic mass is 16.6. The molecular weight excluding hydrogens is 326 g/mol. The van der Waals surface area contributed by atoms with Crippen LogP contribution in [-0.4, -0.2) is 41.3 Å². The normalized spacial score (nSPS) is 17.2. The lowest BCUT2D eigenvalue weighted by molar-refractivity contribution is -0.132. The van der Waals surface area contributed by atoms with Gasteiger partial charge >= 0.3 is 12.2 Å². The van der Waals surface area contributed by atoms with Crippen LogP contribution in [0, 0.1) is 0 Å². The van der Waals surface area contributed by atoms with E-state index in [9.17, 15) is 14.4 Å². The summed E-state index contributed by atoms with van der Waals surface area (Å²) in [5, 5.41) is 3.64. The Kier molecular flexibility index (Phi) is 5.84. The highest BCUT2D eigenvalue weighted by molar-refractivity contribution is 5.88. The molecule has 0 radical (unpaired) electrons. The molecule has 25 heavy (non-hydrogen) atoms. The lowest BCUT2D eigenvalue weighted by Crippen LogP contribution is -2.49. The molecule has 2 N–H and O–H groups in total. The van der Waals surface area contributed by atoms with Gasteiger partial charge in [0.2, 0.25) is 0 Å². The second kappa shape index (κ2) is 7.87. The van der Waals surface area contributed by atoms with Crippen molar-refractivity contribution in [3.05, 3.63) is 35.9 Å². The summed E-state index contributed by atoms with van der Waals surface area (Å²) in [6, 6.07) is 8.49. The van der Waals surface area contributed by atoms with Crippen LogP contribution in [0.4, 0.5) is 9.59 Å². The Hall–Kier alpha value is -2.77. The maximum absolute atomic E-state index is 12.2. The number of alkyl carbamates (subject to hydrolysis) is 1. The molecule has 8 heteroatoms. The number of amides is 3. The van der Waals surface area contributed by atoms with E-state index >= 15 is 0 Å². The summed E-state index contributed by atoms with van der Waals surface area (Å²) in [6.07, 6.45) is -1.02. The van der Waals surface area contributed by atoms with Crippen molar-refractivity contribution in [1.29, 1.82) is 0 Å². The fourth-order valence-corrected chi connectivity index (χ4v) is 2.24. The number of hydrogen-bond acceptors (Lipinski definition) is 5. The number of ether oxygens (including phenoxy) is 2. The Labute approximate surface area is 146 Å². The van der Waals surface area contributed by atoms with E-state index in [2.05, 4.69) is 10.7 Å². The number of nitrogens with one attached hydrogen (secondary N) is 2. The van der Waals surface area contributed by atoms with Gasteiger partial charge in [-0.1, -0.05) is 30.3 Å². The zero-order valence-corrected chi connectivity index (χ0v) is 14.6. The molecule has 136 valence electrons. The molecular formula is C17H23N3O5. The Morgan fingerprint density at radius 1 is 1.20 bits per heavy atom. The average Bonchev–Trinajstić information content (AvgIpc) is 2.85. The summed E-state index contributed by atoms with van der Waals surface area (Å²) < 4.78 is 10.2. The number of nitrogens with zero attached hydrogens (tertiary/aromatic N) is 1. The van der Waals surface area contributed by atoms with E-state index in [-0.39, 0.29) is 13.2 Å². The van der Waals surface area contributed by atoms with Crippen LogP contribution in [0.5, 0.6) is 0 Å². The lowest BCUT2D eigenvalue weighted by Gasteiger charge is -2.23. The Bertz CT molecular complexity index is 627. The molecule has 3 amide bonds. The molecule has 0 bridgehead atoms. The van der Waals surface area contributed by atoms with E-state index in [1.807, 2.05) is 30.3 Å². The molecule has 8 nitrogen and oxygen atoms in total. The second-order valence-corrected chi connectivity index (χ2v) is 6.65. The first-order valence-corrected chi connectivity index (χ1v) is 8.03. The number of carbonyl (C=O) groups is 3. The van der Waals surface area contributed by atoms with Gasteiger partial charge in [0.05, 0.1) is 0 Å². The predicted molar refractivity (Wildman–Crippen MR) is 89.3 cm³/mol. The first-order chi connectivity index (χ1) is 11.7. The van der Waals surface area contributed by atoms with Gasteiger partial charge < -0.3 is 14.8 Å². The quantitative estimate of drug-likeness (QED) is 0.866. The number of benzene rings is 1. The molecule has 1 atom stereocenters. The van der Waals surface area contributed by atoms with Crippen LogP contribution in [0.1, 0.15) is 32.8 Å². The number of hydrogen-bond donors (Lipinski definition) is 2. The number of rotatable bonds is 4. The minimum atomic E-state index is -0.738. The van der Waals surface area contributed by atoms with Crippen LogP contribution in [0.2, 0.25) is 0 Å². The van der Waals surface area contributed by atoms with E-state index in [1.165, 1.54) is 0 Å². The zero-order valence-electron chi connectivity index (χ0n) is 14.6. The SMILES string of the molecule is CC(C)(C)OC(=O)NN1CC[C@H](NC(=O)OCc2ccccc2)C1=O. The van der Waals surface area contributed by atoms with Crippen LogP contribution in [0.25, 0.3) is 0 Å². The van der Waals surface area contributed by atoms with E-state index in [0.29, 0.717) is 6.42 Å². The number of hydrazine groups is 1. The molecule has 1 aliphatic rings. The summed E-state index contributed by atoms with van der Waals surface area (Å²) in [4.78, 5) is 35.7. The molecule has 2 rings (SSSR count). The molecule has 1 aromatic carbocycles. The van der Waals surface area contributed by atoms with E-state index in [0.717, 1.165) is 10.6 Å². The van der Waals surface area contributed by atoms with Gasteiger partial charge in [-0.25, -0.2) is 20.0 Å². The van der Waals surface area contributed by atoms with Gasteiger partial charge in [-0.3, -0.25) is 4.79 Å². The maximum Gasteiger partial charge on any atom is 0.426 e. The largest absolute Gasteiger partial charge is 0.445 e. The summed E-state index contributed by atoms with van der Waals surface area (Å²) >= 11 is 0. The summed E-state index contributed by atoms with van der Waals surface area (Å²) in [5.74, 6) is -0.414. The summed E-state index contributed by atoms with van der Waals surface area (Å²) in [5.41, 5.74) is 2.57. The second-order valence-electron chi connectivity index (χ2n) is 6.65. The molecule has 1 saturated heterocycles. The molecule has 0 aliphatic carbocycles. The summed E-state index contributed by atoms with van der Waals surface area (Å²) in [6.45, 7) is 5.58.